The zero-order chi connectivity index (χ0) is 28.2. The van der Waals surface area contributed by atoms with Gasteiger partial charge in [0.2, 0.25) is 11.8 Å². The van der Waals surface area contributed by atoms with Crippen molar-refractivity contribution in [3.05, 3.63) is 89.5 Å². The van der Waals surface area contributed by atoms with Gasteiger partial charge in [-0.3, -0.25) is 19.3 Å². The number of rotatable bonds is 8. The van der Waals surface area contributed by atoms with E-state index in [2.05, 4.69) is 0 Å². The van der Waals surface area contributed by atoms with Gasteiger partial charge in [0.05, 0.1) is 35.8 Å². The van der Waals surface area contributed by atoms with E-state index in [1.165, 1.54) is 48.4 Å². The number of hydrogen-bond donors (Lipinski definition) is 0. The largest absolute Gasteiger partial charge is 0.497 e. The molecule has 3 aromatic rings. The van der Waals surface area contributed by atoms with E-state index in [9.17, 15) is 24.0 Å². The van der Waals surface area contributed by atoms with Crippen molar-refractivity contribution >= 4 is 35.2 Å². The summed E-state index contributed by atoms with van der Waals surface area (Å²) in [5.41, 5.74) is 1.02. The summed E-state index contributed by atoms with van der Waals surface area (Å²) in [5.74, 6) is -2.08. The summed E-state index contributed by atoms with van der Waals surface area (Å²) in [6, 6.07) is 18.5. The van der Waals surface area contributed by atoms with Gasteiger partial charge in [0.15, 0.2) is 12.4 Å². The van der Waals surface area contributed by atoms with Crippen LogP contribution in [0.4, 0.5) is 5.69 Å². The second kappa shape index (κ2) is 11.5. The highest BCUT2D eigenvalue weighted by molar-refractivity contribution is 6.22. The highest BCUT2D eigenvalue weighted by Crippen LogP contribution is 2.40. The van der Waals surface area contributed by atoms with E-state index in [1.807, 2.05) is 0 Å². The van der Waals surface area contributed by atoms with Crippen LogP contribution in [0.1, 0.15) is 56.8 Å². The molecule has 2 aliphatic rings. The van der Waals surface area contributed by atoms with Crippen molar-refractivity contribution in [2.75, 3.05) is 18.6 Å². The van der Waals surface area contributed by atoms with Crippen molar-refractivity contribution in [1.82, 2.24) is 0 Å². The van der Waals surface area contributed by atoms with Crippen molar-refractivity contribution in [2.45, 2.75) is 25.7 Å². The average Bonchev–Trinajstić information content (AvgIpc) is 3.25. The molecular weight excluding hydrogens is 514 g/mol. The molecule has 0 spiro atoms. The molecular formula is C31H27NO8. The Balaban J connectivity index is 1.18. The van der Waals surface area contributed by atoms with E-state index >= 15 is 0 Å². The smallest absolute Gasteiger partial charge is 0.343 e. The van der Waals surface area contributed by atoms with Gasteiger partial charge in [0.1, 0.15) is 11.5 Å². The summed E-state index contributed by atoms with van der Waals surface area (Å²) in [4.78, 5) is 64.6. The summed E-state index contributed by atoms with van der Waals surface area (Å²) in [7, 11) is 1.50. The maximum atomic E-state index is 12.9. The molecule has 2 amide bonds. The quantitative estimate of drug-likeness (QED) is 0.175. The fraction of sp³-hybridized carbons (Fsp3) is 0.258. The number of nitrogens with zero attached hydrogens (tertiary/aromatic N) is 1. The molecule has 0 bridgehead atoms. The summed E-state index contributed by atoms with van der Waals surface area (Å²) < 4.78 is 15.7. The van der Waals surface area contributed by atoms with Crippen LogP contribution < -0.4 is 14.4 Å². The lowest BCUT2D eigenvalue weighted by molar-refractivity contribution is -0.122. The predicted molar refractivity (Wildman–Crippen MR) is 143 cm³/mol. The number of ketones is 1. The third kappa shape index (κ3) is 5.49. The highest BCUT2D eigenvalue weighted by atomic mass is 16.5. The Morgan fingerprint density at radius 1 is 0.750 bits per heavy atom. The molecule has 2 atom stereocenters. The number of benzene rings is 3. The lowest BCUT2D eigenvalue weighted by Crippen LogP contribution is -2.31. The van der Waals surface area contributed by atoms with Crippen LogP contribution in [0.25, 0.3) is 0 Å². The molecule has 0 N–H and O–H groups in total. The van der Waals surface area contributed by atoms with Gasteiger partial charge in [-0.2, -0.15) is 0 Å². The van der Waals surface area contributed by atoms with E-state index < -0.39 is 24.3 Å². The van der Waals surface area contributed by atoms with Gasteiger partial charge in [0.25, 0.3) is 0 Å². The molecule has 204 valence electrons. The first kappa shape index (κ1) is 26.8. The van der Waals surface area contributed by atoms with Gasteiger partial charge in [0, 0.05) is 5.56 Å². The summed E-state index contributed by atoms with van der Waals surface area (Å²) in [5, 5.41) is 0. The van der Waals surface area contributed by atoms with E-state index in [4.69, 9.17) is 14.2 Å². The Bertz CT molecular complexity index is 1450. The normalized spacial score (nSPS) is 18.2. The molecule has 3 aromatic carbocycles. The fourth-order valence-corrected chi connectivity index (χ4v) is 5.11. The number of imide groups is 1. The fourth-order valence-electron chi connectivity index (χ4n) is 5.11. The third-order valence-electron chi connectivity index (χ3n) is 7.21. The maximum absolute atomic E-state index is 12.9. The number of hydrogen-bond acceptors (Lipinski definition) is 8. The number of carbonyl (C=O) groups is 5. The Labute approximate surface area is 230 Å². The van der Waals surface area contributed by atoms with Crippen LogP contribution in [0.3, 0.4) is 0 Å². The number of fused-ring (bicyclic) bond motifs is 1. The Morgan fingerprint density at radius 2 is 1.38 bits per heavy atom. The lowest BCUT2D eigenvalue weighted by atomic mass is 9.81. The molecule has 9 nitrogen and oxygen atoms in total. The van der Waals surface area contributed by atoms with Gasteiger partial charge in [-0.1, -0.05) is 25.0 Å². The number of amides is 2. The van der Waals surface area contributed by atoms with Crippen molar-refractivity contribution in [1.29, 1.82) is 0 Å². The van der Waals surface area contributed by atoms with Crippen LogP contribution in [0.5, 0.6) is 11.5 Å². The van der Waals surface area contributed by atoms with Gasteiger partial charge in [-0.05, 0) is 73.5 Å². The van der Waals surface area contributed by atoms with Gasteiger partial charge < -0.3 is 14.2 Å². The van der Waals surface area contributed by atoms with Gasteiger partial charge in [-0.15, -0.1) is 0 Å². The summed E-state index contributed by atoms with van der Waals surface area (Å²) in [6.07, 6.45) is 3.24. The van der Waals surface area contributed by atoms with Crippen LogP contribution in [0.2, 0.25) is 0 Å². The van der Waals surface area contributed by atoms with Crippen molar-refractivity contribution in [2.24, 2.45) is 11.8 Å². The van der Waals surface area contributed by atoms with Crippen molar-refractivity contribution in [3.63, 3.8) is 0 Å². The van der Waals surface area contributed by atoms with E-state index in [0.29, 0.717) is 29.8 Å². The molecule has 1 saturated carbocycles. The summed E-state index contributed by atoms with van der Waals surface area (Å²) in [6.45, 7) is -0.516. The summed E-state index contributed by atoms with van der Waals surface area (Å²) >= 11 is 0. The minimum absolute atomic E-state index is 0.126. The number of methoxy groups -OCH3 is 1. The lowest BCUT2D eigenvalue weighted by Gasteiger charge is -2.19. The molecule has 1 heterocycles. The van der Waals surface area contributed by atoms with Crippen LogP contribution in [-0.4, -0.2) is 43.3 Å². The van der Waals surface area contributed by atoms with Crippen LogP contribution >= 0.6 is 0 Å². The molecule has 40 heavy (non-hydrogen) atoms. The monoisotopic (exact) mass is 541 g/mol. The molecule has 9 heteroatoms. The first-order valence-corrected chi connectivity index (χ1v) is 13.0. The standard InChI is InChI=1S/C31H27NO8/c1-38-24-9-5-7-21(17-24)31(37)40-23-14-12-19(13-15-23)27(33)18-39-30(36)20-6-4-8-22(16-20)32-28(34)25-10-2-3-11-26(25)29(32)35/h4-9,12-17,25-26H,2-3,10-11,18H2,1H3. The number of carbonyl (C=O) groups excluding carboxylic acids is 5. The first-order valence-electron chi connectivity index (χ1n) is 13.0. The minimum atomic E-state index is -0.754. The molecule has 1 aliphatic heterocycles. The minimum Gasteiger partial charge on any atom is -0.497 e. The predicted octanol–water partition coefficient (Wildman–Crippen LogP) is 4.63. The zero-order valence-corrected chi connectivity index (χ0v) is 21.8. The van der Waals surface area contributed by atoms with Crippen molar-refractivity contribution < 1.29 is 38.2 Å². The van der Waals surface area contributed by atoms with Crippen LogP contribution in [0.15, 0.2) is 72.8 Å². The number of esters is 2. The SMILES string of the molecule is COc1cccc(C(=O)Oc2ccc(C(=O)COC(=O)c3cccc(N4C(=O)C5CCCCC5C4=O)c3)cc2)c1. The molecule has 5 rings (SSSR count). The Hall–Kier alpha value is -4.79. The van der Waals surface area contributed by atoms with Crippen molar-refractivity contribution in [3.8, 4) is 11.5 Å². The van der Waals surface area contributed by atoms with E-state index in [0.717, 1.165) is 12.8 Å². The van der Waals surface area contributed by atoms with Crippen LogP contribution in [-0.2, 0) is 14.3 Å². The van der Waals surface area contributed by atoms with E-state index in [-0.39, 0.29) is 40.5 Å². The van der Waals surface area contributed by atoms with Crippen LogP contribution in [0, 0.1) is 11.8 Å². The molecule has 2 fully saturated rings. The Morgan fingerprint density at radius 3 is 2.02 bits per heavy atom. The average molecular weight is 542 g/mol. The second-order valence-corrected chi connectivity index (χ2v) is 9.70. The first-order chi connectivity index (χ1) is 19.4. The molecule has 2 unspecified atom stereocenters. The number of ether oxygens (including phenoxy) is 3. The number of Topliss-reactive ketones (excluding diaryl/α,β-unsaturated/α-hetero) is 1. The van der Waals surface area contributed by atoms with Gasteiger partial charge in [-0.25, -0.2) is 9.59 Å². The van der Waals surface area contributed by atoms with Gasteiger partial charge >= 0.3 is 11.9 Å². The molecule has 0 radical (unpaired) electrons. The maximum Gasteiger partial charge on any atom is 0.343 e. The highest BCUT2D eigenvalue weighted by Gasteiger charge is 2.48. The molecule has 0 aromatic heterocycles. The van der Waals surface area contributed by atoms with E-state index in [1.54, 1.807) is 36.4 Å². The second-order valence-electron chi connectivity index (χ2n) is 9.70. The topological polar surface area (TPSA) is 116 Å². The number of anilines is 1. The Kier molecular flexibility index (Phi) is 7.72. The molecule has 1 saturated heterocycles. The zero-order valence-electron chi connectivity index (χ0n) is 21.8. The molecule has 1 aliphatic carbocycles. The third-order valence-corrected chi connectivity index (χ3v) is 7.21.